The Morgan fingerprint density at radius 2 is 1.83 bits per heavy atom. The smallest absolute Gasteiger partial charge is 0.607 e. The molecule has 0 atom stereocenters. The van der Waals surface area contributed by atoms with E-state index in [1.165, 1.54) is 17.0 Å². The van der Waals surface area contributed by atoms with Gasteiger partial charge in [0.15, 0.2) is 18.7 Å². The monoisotopic (exact) mass is 263 g/mol. The number of carbonyl (C=O) groups excluding carboxylic acids is 2. The number of benzene rings is 1. The maximum atomic E-state index is 11.7. The zero-order chi connectivity index (χ0) is 12.1. The summed E-state index contributed by atoms with van der Waals surface area (Å²) < 4.78 is 6.33. The molecule has 0 bridgehead atoms. The molecule has 18 heavy (non-hydrogen) atoms. The molecule has 0 aliphatic rings. The number of hydrogen-bond acceptors (Lipinski definition) is 3. The van der Waals surface area contributed by atoms with Gasteiger partial charge in [-0.1, -0.05) is 22.8 Å². The first-order valence-corrected chi connectivity index (χ1v) is 5.03. The molecular formula is C13H10ClNO3. The third-order valence-corrected chi connectivity index (χ3v) is 2.12. The van der Waals surface area contributed by atoms with Crippen molar-refractivity contribution in [3.63, 3.8) is 0 Å². The van der Waals surface area contributed by atoms with E-state index in [-0.39, 0.29) is 12.4 Å². The molecule has 92 valence electrons. The minimum absolute atomic E-state index is 0. The van der Waals surface area contributed by atoms with Gasteiger partial charge in [-0.25, -0.2) is 0 Å². The van der Waals surface area contributed by atoms with Crippen LogP contribution in [0.15, 0.2) is 54.9 Å². The summed E-state index contributed by atoms with van der Waals surface area (Å²) in [6.45, 7) is 0. The molecule has 0 fully saturated rings. The molecule has 0 amide bonds. The van der Waals surface area contributed by atoms with Crippen LogP contribution in [0.4, 0.5) is 4.79 Å². The minimum Gasteiger partial charge on any atom is -1.00 e. The molecule has 0 unspecified atom stereocenters. The average Bonchev–Trinajstić information content (AvgIpc) is 2.40. The molecule has 0 aliphatic carbocycles. The summed E-state index contributed by atoms with van der Waals surface area (Å²) in [5.74, 6) is 0.460. The Bertz CT molecular complexity index is 543. The maximum Gasteiger partial charge on any atom is 0.607 e. The lowest BCUT2D eigenvalue weighted by Crippen LogP contribution is -3.00. The van der Waals surface area contributed by atoms with E-state index in [1.807, 2.05) is 6.07 Å². The fraction of sp³-hybridized carbons (Fsp3) is 0. The van der Waals surface area contributed by atoms with Crippen molar-refractivity contribution in [2.75, 3.05) is 0 Å². The lowest BCUT2D eigenvalue weighted by molar-refractivity contribution is -0.582. The van der Waals surface area contributed by atoms with Gasteiger partial charge in [0.05, 0.1) is 5.56 Å². The second-order valence-electron chi connectivity index (χ2n) is 3.34. The van der Waals surface area contributed by atoms with Crippen molar-refractivity contribution < 1.29 is 31.3 Å². The molecule has 2 rings (SSSR count). The Morgan fingerprint density at radius 3 is 2.50 bits per heavy atom. The molecule has 2 aromatic rings. The van der Waals surface area contributed by atoms with Crippen LogP contribution in [0, 0.1) is 0 Å². The zero-order valence-electron chi connectivity index (χ0n) is 9.32. The van der Waals surface area contributed by atoms with Crippen molar-refractivity contribution in [2.24, 2.45) is 0 Å². The topological polar surface area (TPSA) is 47.2 Å². The lowest BCUT2D eigenvalue weighted by atomic mass is 10.3. The van der Waals surface area contributed by atoms with Crippen molar-refractivity contribution in [3.8, 4) is 5.75 Å². The number of halogens is 1. The predicted molar refractivity (Wildman–Crippen MR) is 59.9 cm³/mol. The molecule has 0 saturated carbocycles. The van der Waals surface area contributed by atoms with E-state index in [0.717, 1.165) is 0 Å². The summed E-state index contributed by atoms with van der Waals surface area (Å²) in [7, 11) is 0. The van der Waals surface area contributed by atoms with E-state index >= 15 is 0 Å². The predicted octanol–water partition coefficient (Wildman–Crippen LogP) is -1.16. The molecule has 0 radical (unpaired) electrons. The molecule has 0 saturated heterocycles. The normalized spacial score (nSPS) is 9.11. The van der Waals surface area contributed by atoms with Gasteiger partial charge in [0, 0.05) is 6.07 Å². The Morgan fingerprint density at radius 1 is 1.11 bits per heavy atom. The van der Waals surface area contributed by atoms with Crippen molar-refractivity contribution in [3.05, 3.63) is 60.4 Å². The van der Waals surface area contributed by atoms with E-state index in [9.17, 15) is 9.59 Å². The van der Waals surface area contributed by atoms with Crippen LogP contribution in [0.25, 0.3) is 0 Å². The second-order valence-corrected chi connectivity index (χ2v) is 3.34. The third-order valence-electron chi connectivity index (χ3n) is 2.12. The van der Waals surface area contributed by atoms with Crippen LogP contribution >= 0.6 is 0 Å². The number of aromatic nitrogens is 1. The van der Waals surface area contributed by atoms with E-state index in [1.54, 1.807) is 36.4 Å². The van der Waals surface area contributed by atoms with Crippen LogP contribution in [0.3, 0.4) is 0 Å². The molecule has 5 heteroatoms. The number of para-hydroxylation sites is 1. The lowest BCUT2D eigenvalue weighted by Gasteiger charge is -1.98. The van der Waals surface area contributed by atoms with Gasteiger partial charge in [-0.15, -0.1) is 0 Å². The highest BCUT2D eigenvalue weighted by Gasteiger charge is 2.17. The maximum absolute atomic E-state index is 11.7. The average molecular weight is 264 g/mol. The number of nitrogens with zero attached hydrogens (tertiary/aromatic N) is 1. The first-order chi connectivity index (χ1) is 8.29. The minimum atomic E-state index is -0.556. The van der Waals surface area contributed by atoms with Crippen molar-refractivity contribution in [1.82, 2.24) is 0 Å². The fourth-order valence-electron chi connectivity index (χ4n) is 1.32. The highest BCUT2D eigenvalue weighted by Crippen LogP contribution is 2.07. The number of rotatable bonds is 2. The number of hydrogen-bond donors (Lipinski definition) is 0. The Labute approximate surface area is 110 Å². The summed E-state index contributed by atoms with van der Waals surface area (Å²) in [5, 5.41) is 0. The van der Waals surface area contributed by atoms with Crippen LogP contribution < -0.4 is 21.7 Å². The van der Waals surface area contributed by atoms with Gasteiger partial charge in [-0.3, -0.25) is 4.79 Å². The number of ether oxygens (including phenoxy) is 1. The van der Waals surface area contributed by atoms with E-state index < -0.39 is 6.09 Å². The van der Waals surface area contributed by atoms with Crippen molar-refractivity contribution in [1.29, 1.82) is 0 Å². The first kappa shape index (κ1) is 13.9. The summed E-state index contributed by atoms with van der Waals surface area (Å²) in [5.41, 5.74) is 0.414. The Kier molecular flexibility index (Phi) is 5.02. The zero-order valence-corrected chi connectivity index (χ0v) is 10.1. The van der Waals surface area contributed by atoms with Crippen LogP contribution in [0.1, 0.15) is 10.4 Å². The van der Waals surface area contributed by atoms with E-state index in [0.29, 0.717) is 17.6 Å². The van der Waals surface area contributed by atoms with Gasteiger partial charge < -0.3 is 17.1 Å². The molecule has 1 heterocycles. The summed E-state index contributed by atoms with van der Waals surface area (Å²) in [4.78, 5) is 22.3. The summed E-state index contributed by atoms with van der Waals surface area (Å²) in [6, 6.07) is 12.0. The number of aldehydes is 1. The highest BCUT2D eigenvalue weighted by atomic mass is 35.5. The summed E-state index contributed by atoms with van der Waals surface area (Å²) in [6.07, 6.45) is 3.06. The standard InChI is InChI=1S/C13H10NO3.ClH/c15-10-11-5-4-8-14(9-11)13(16)17-12-6-2-1-3-7-12;/h1-10H;1H/q+1;/p-1. The highest BCUT2D eigenvalue weighted by molar-refractivity contribution is 5.74. The van der Waals surface area contributed by atoms with Crippen molar-refractivity contribution in [2.45, 2.75) is 0 Å². The summed E-state index contributed by atoms with van der Waals surface area (Å²) >= 11 is 0. The van der Waals surface area contributed by atoms with E-state index in [2.05, 4.69) is 0 Å². The largest absolute Gasteiger partial charge is 1.00 e. The number of carbonyl (C=O) groups is 2. The van der Waals surface area contributed by atoms with Crippen LogP contribution in [0.5, 0.6) is 5.75 Å². The molecule has 1 aromatic heterocycles. The first-order valence-electron chi connectivity index (χ1n) is 5.03. The van der Waals surface area contributed by atoms with Gasteiger partial charge in [0.25, 0.3) is 0 Å². The molecule has 0 N–H and O–H groups in total. The number of pyridine rings is 1. The van der Waals surface area contributed by atoms with E-state index in [4.69, 9.17) is 4.74 Å². The van der Waals surface area contributed by atoms with Gasteiger partial charge in [0.1, 0.15) is 5.75 Å². The molecular weight excluding hydrogens is 254 g/mol. The third kappa shape index (κ3) is 3.40. The Hall–Kier alpha value is -2.20. The Balaban J connectivity index is 0.00000162. The van der Waals surface area contributed by atoms with Crippen molar-refractivity contribution >= 4 is 12.4 Å². The van der Waals surface area contributed by atoms with Crippen LogP contribution in [-0.2, 0) is 0 Å². The van der Waals surface area contributed by atoms with Gasteiger partial charge in [-0.2, -0.15) is 4.79 Å². The van der Waals surface area contributed by atoms with Gasteiger partial charge >= 0.3 is 6.09 Å². The molecule has 0 aliphatic heterocycles. The van der Waals surface area contributed by atoms with Crippen LogP contribution in [-0.4, -0.2) is 12.4 Å². The second kappa shape index (κ2) is 6.51. The molecule has 1 aromatic carbocycles. The quantitative estimate of drug-likeness (QED) is 0.507. The van der Waals surface area contributed by atoms with Gasteiger partial charge in [0.2, 0.25) is 0 Å². The SMILES string of the molecule is O=Cc1ccc[n+](C(=O)Oc2ccccc2)c1.[Cl-]. The molecule has 0 spiro atoms. The van der Waals surface area contributed by atoms with Crippen LogP contribution in [0.2, 0.25) is 0 Å². The molecule has 4 nitrogen and oxygen atoms in total. The fourth-order valence-corrected chi connectivity index (χ4v) is 1.32. The van der Waals surface area contributed by atoms with Gasteiger partial charge in [-0.05, 0) is 18.2 Å².